The Morgan fingerprint density at radius 2 is 2.04 bits per heavy atom. The number of benzene rings is 1. The predicted octanol–water partition coefficient (Wildman–Crippen LogP) is 3.90. The van der Waals surface area contributed by atoms with Gasteiger partial charge in [-0.2, -0.15) is 0 Å². The van der Waals surface area contributed by atoms with E-state index in [0.29, 0.717) is 12.6 Å². The molecule has 0 bridgehead atoms. The van der Waals surface area contributed by atoms with Crippen LogP contribution in [0.25, 0.3) is 0 Å². The van der Waals surface area contributed by atoms with E-state index in [4.69, 9.17) is 4.74 Å². The van der Waals surface area contributed by atoms with Gasteiger partial charge in [-0.05, 0) is 70.7 Å². The van der Waals surface area contributed by atoms with E-state index in [1.54, 1.807) is 17.0 Å². The van der Waals surface area contributed by atoms with Crippen molar-refractivity contribution in [2.24, 2.45) is 0 Å². The number of aromatic hydroxyl groups is 1. The van der Waals surface area contributed by atoms with Gasteiger partial charge in [0.15, 0.2) is 0 Å². The molecular formula is C18H28N2O3. The quantitative estimate of drug-likeness (QED) is 0.811. The molecule has 1 saturated heterocycles. The van der Waals surface area contributed by atoms with Gasteiger partial charge >= 0.3 is 6.09 Å². The zero-order valence-corrected chi connectivity index (χ0v) is 14.6. The molecule has 1 heterocycles. The van der Waals surface area contributed by atoms with Crippen molar-refractivity contribution in [3.8, 4) is 5.75 Å². The number of nitrogens with one attached hydrogen (secondary N) is 1. The fourth-order valence-corrected chi connectivity index (χ4v) is 2.78. The topological polar surface area (TPSA) is 61.8 Å². The number of likely N-dealkylation sites (tertiary alicyclic amines) is 1. The van der Waals surface area contributed by atoms with Crippen molar-refractivity contribution < 1.29 is 14.6 Å². The molecule has 0 saturated carbocycles. The second-order valence-corrected chi connectivity index (χ2v) is 7.24. The highest BCUT2D eigenvalue weighted by Crippen LogP contribution is 2.24. The maximum absolute atomic E-state index is 12.2. The molecule has 5 nitrogen and oxygen atoms in total. The Hall–Kier alpha value is -1.91. The van der Waals surface area contributed by atoms with Crippen LogP contribution in [0.15, 0.2) is 18.2 Å². The number of rotatable bonds is 2. The van der Waals surface area contributed by atoms with Gasteiger partial charge < -0.3 is 20.1 Å². The van der Waals surface area contributed by atoms with Crippen molar-refractivity contribution in [3.05, 3.63) is 23.8 Å². The van der Waals surface area contributed by atoms with Gasteiger partial charge in [-0.3, -0.25) is 0 Å². The van der Waals surface area contributed by atoms with Gasteiger partial charge in [0, 0.05) is 24.8 Å². The molecule has 128 valence electrons. The normalized spacial score (nSPS) is 19.1. The summed E-state index contributed by atoms with van der Waals surface area (Å²) >= 11 is 0. The molecule has 1 fully saturated rings. The summed E-state index contributed by atoms with van der Waals surface area (Å²) in [7, 11) is 0. The van der Waals surface area contributed by atoms with Crippen LogP contribution in [0.5, 0.6) is 5.75 Å². The van der Waals surface area contributed by atoms with E-state index in [0.717, 1.165) is 37.1 Å². The molecule has 0 aliphatic carbocycles. The summed E-state index contributed by atoms with van der Waals surface area (Å²) in [5.74, 6) is 0.282. The van der Waals surface area contributed by atoms with Crippen LogP contribution in [0.3, 0.4) is 0 Å². The molecule has 0 radical (unpaired) electrons. The number of hydrogen-bond acceptors (Lipinski definition) is 4. The van der Waals surface area contributed by atoms with Gasteiger partial charge in [0.25, 0.3) is 0 Å². The highest BCUT2D eigenvalue weighted by Gasteiger charge is 2.25. The van der Waals surface area contributed by atoms with Crippen LogP contribution in [0.2, 0.25) is 0 Å². The van der Waals surface area contributed by atoms with E-state index in [1.165, 1.54) is 0 Å². The van der Waals surface area contributed by atoms with Gasteiger partial charge in [0.05, 0.1) is 0 Å². The number of ether oxygens (including phenoxy) is 1. The Bertz CT molecular complexity index is 552. The molecular weight excluding hydrogens is 292 g/mol. The second kappa shape index (κ2) is 7.11. The van der Waals surface area contributed by atoms with Crippen LogP contribution >= 0.6 is 0 Å². The number of phenols is 1. The molecule has 1 aromatic rings. The fourth-order valence-electron chi connectivity index (χ4n) is 2.78. The molecule has 1 aliphatic heterocycles. The number of amides is 1. The number of nitrogens with zero attached hydrogens (tertiary/aromatic N) is 1. The van der Waals surface area contributed by atoms with Gasteiger partial charge in [0.1, 0.15) is 11.4 Å². The summed E-state index contributed by atoms with van der Waals surface area (Å²) in [5, 5.41) is 13.0. The first kappa shape index (κ1) is 17.4. The fraction of sp³-hybridized carbons (Fsp3) is 0.611. The first-order valence-corrected chi connectivity index (χ1v) is 8.29. The zero-order chi connectivity index (χ0) is 17.0. The molecule has 0 aromatic heterocycles. The summed E-state index contributed by atoms with van der Waals surface area (Å²) in [4.78, 5) is 14.0. The van der Waals surface area contributed by atoms with Gasteiger partial charge in [-0.1, -0.05) is 0 Å². The minimum atomic E-state index is -0.454. The van der Waals surface area contributed by atoms with E-state index in [1.807, 2.05) is 33.8 Å². The average Bonchev–Trinajstić information content (AvgIpc) is 2.66. The van der Waals surface area contributed by atoms with Gasteiger partial charge in [-0.25, -0.2) is 4.79 Å². The van der Waals surface area contributed by atoms with Crippen molar-refractivity contribution in [2.45, 2.75) is 58.6 Å². The van der Waals surface area contributed by atoms with E-state index < -0.39 is 5.60 Å². The van der Waals surface area contributed by atoms with Crippen molar-refractivity contribution >= 4 is 11.8 Å². The number of carbonyl (C=O) groups is 1. The third-order valence-electron chi connectivity index (χ3n) is 3.95. The molecule has 23 heavy (non-hydrogen) atoms. The Balaban J connectivity index is 1.92. The van der Waals surface area contributed by atoms with Crippen molar-refractivity contribution in [1.29, 1.82) is 0 Å². The molecule has 1 amide bonds. The van der Waals surface area contributed by atoms with Crippen LogP contribution < -0.4 is 5.32 Å². The van der Waals surface area contributed by atoms with E-state index >= 15 is 0 Å². The summed E-state index contributed by atoms with van der Waals surface area (Å²) in [6.45, 7) is 9.08. The largest absolute Gasteiger partial charge is 0.508 e. The molecule has 1 aliphatic rings. The summed E-state index contributed by atoms with van der Waals surface area (Å²) in [6, 6.07) is 5.68. The summed E-state index contributed by atoms with van der Waals surface area (Å²) in [5.41, 5.74) is 1.61. The van der Waals surface area contributed by atoms with E-state index in [9.17, 15) is 9.90 Å². The third kappa shape index (κ3) is 5.34. The molecule has 1 atom stereocenters. The first-order chi connectivity index (χ1) is 10.7. The lowest BCUT2D eigenvalue weighted by Crippen LogP contribution is -2.37. The van der Waals surface area contributed by atoms with Crippen LogP contribution in [0, 0.1) is 6.92 Å². The number of anilines is 1. The van der Waals surface area contributed by atoms with Crippen molar-refractivity contribution in [2.75, 3.05) is 18.4 Å². The number of phenolic OH excluding ortho intramolecular Hbond substituents is 1. The summed E-state index contributed by atoms with van der Waals surface area (Å²) in [6.07, 6.45) is 2.63. The Labute approximate surface area is 138 Å². The molecule has 0 spiro atoms. The van der Waals surface area contributed by atoms with E-state index in [2.05, 4.69) is 5.32 Å². The lowest BCUT2D eigenvalue weighted by atomic mass is 10.1. The van der Waals surface area contributed by atoms with Gasteiger partial charge in [0.2, 0.25) is 0 Å². The maximum atomic E-state index is 12.2. The van der Waals surface area contributed by atoms with Crippen LogP contribution in [-0.4, -0.2) is 40.8 Å². The molecule has 1 aromatic carbocycles. The minimum absolute atomic E-state index is 0.223. The molecule has 5 heteroatoms. The first-order valence-electron chi connectivity index (χ1n) is 8.29. The smallest absolute Gasteiger partial charge is 0.410 e. The Kier molecular flexibility index (Phi) is 5.39. The lowest BCUT2D eigenvalue weighted by Gasteiger charge is -2.26. The number of hydrogen-bond donors (Lipinski definition) is 2. The average molecular weight is 320 g/mol. The maximum Gasteiger partial charge on any atom is 0.410 e. The lowest BCUT2D eigenvalue weighted by molar-refractivity contribution is 0.0256. The van der Waals surface area contributed by atoms with Gasteiger partial charge in [-0.15, -0.1) is 0 Å². The van der Waals surface area contributed by atoms with Crippen molar-refractivity contribution in [1.82, 2.24) is 4.90 Å². The third-order valence-corrected chi connectivity index (χ3v) is 3.95. The van der Waals surface area contributed by atoms with E-state index in [-0.39, 0.29) is 11.8 Å². The minimum Gasteiger partial charge on any atom is -0.508 e. The second-order valence-electron chi connectivity index (χ2n) is 7.24. The SMILES string of the molecule is Cc1cc(O)ccc1NC1CCCN(C(=O)OC(C)(C)C)CC1. The molecule has 1 unspecified atom stereocenters. The predicted molar refractivity (Wildman–Crippen MR) is 91.9 cm³/mol. The zero-order valence-electron chi connectivity index (χ0n) is 14.6. The number of aryl methyl sites for hydroxylation is 1. The standard InChI is InChI=1S/C18H28N2O3/c1-13-12-15(21)7-8-16(13)19-14-6-5-10-20(11-9-14)17(22)23-18(2,3)4/h7-8,12,14,19,21H,5-6,9-11H2,1-4H3. The Morgan fingerprint density at radius 3 is 2.70 bits per heavy atom. The van der Waals surface area contributed by atoms with Crippen LogP contribution in [0.4, 0.5) is 10.5 Å². The molecule has 2 N–H and O–H groups in total. The van der Waals surface area contributed by atoms with Crippen LogP contribution in [-0.2, 0) is 4.74 Å². The summed E-state index contributed by atoms with van der Waals surface area (Å²) < 4.78 is 5.46. The van der Waals surface area contributed by atoms with Crippen LogP contribution in [0.1, 0.15) is 45.6 Å². The Morgan fingerprint density at radius 1 is 1.30 bits per heavy atom. The van der Waals surface area contributed by atoms with Crippen molar-refractivity contribution in [3.63, 3.8) is 0 Å². The number of carbonyl (C=O) groups excluding carboxylic acids is 1. The highest BCUT2D eigenvalue weighted by atomic mass is 16.6. The highest BCUT2D eigenvalue weighted by molar-refractivity contribution is 5.68. The molecule has 2 rings (SSSR count). The monoisotopic (exact) mass is 320 g/mol.